The molecule has 0 spiro atoms. The third-order valence-electron chi connectivity index (χ3n) is 3.50. The first-order valence-corrected chi connectivity index (χ1v) is 7.40. The van der Waals surface area contributed by atoms with Crippen molar-refractivity contribution in [2.45, 2.75) is 0 Å². The smallest absolute Gasteiger partial charge is 0.347 e. The molecule has 3 rings (SSSR count). The number of aliphatic imine (C=N–C) groups is 1. The minimum atomic E-state index is -0.663. The second-order valence-electron chi connectivity index (χ2n) is 5.09. The van der Waals surface area contributed by atoms with E-state index in [1.807, 2.05) is 6.07 Å². The van der Waals surface area contributed by atoms with Gasteiger partial charge in [-0.2, -0.15) is 0 Å². The van der Waals surface area contributed by atoms with E-state index in [0.717, 1.165) is 0 Å². The highest BCUT2D eigenvalue weighted by Crippen LogP contribution is 2.21. The summed E-state index contributed by atoms with van der Waals surface area (Å²) in [6.07, 6.45) is 1.63. The Bertz CT molecular complexity index is 958. The van der Waals surface area contributed by atoms with Crippen molar-refractivity contribution in [1.82, 2.24) is 0 Å². The number of hydrogen-bond donors (Lipinski definition) is 0. The molecule has 0 saturated heterocycles. The molecule has 0 aliphatic rings. The van der Waals surface area contributed by atoms with Crippen LogP contribution in [0.4, 0.5) is 0 Å². The van der Waals surface area contributed by atoms with E-state index in [0.29, 0.717) is 28.9 Å². The molecule has 0 bridgehead atoms. The molecule has 0 fully saturated rings. The number of hydrogen-bond acceptors (Lipinski definition) is 5. The van der Waals surface area contributed by atoms with Gasteiger partial charge in [-0.3, -0.25) is 9.79 Å². The lowest BCUT2D eigenvalue weighted by Crippen LogP contribution is -2.14. The molecular weight excluding hydrogens is 306 g/mol. The summed E-state index contributed by atoms with van der Waals surface area (Å²) >= 11 is 0. The van der Waals surface area contributed by atoms with Gasteiger partial charge in [-0.15, -0.1) is 0 Å². The van der Waals surface area contributed by atoms with Gasteiger partial charge in [0.25, 0.3) is 0 Å². The van der Waals surface area contributed by atoms with E-state index in [4.69, 9.17) is 9.15 Å². The van der Waals surface area contributed by atoms with Crippen LogP contribution in [0.15, 0.2) is 68.8 Å². The third-order valence-corrected chi connectivity index (χ3v) is 3.50. The molecule has 0 amide bonds. The summed E-state index contributed by atoms with van der Waals surface area (Å²) in [6.45, 7) is 0.330. The lowest BCUT2D eigenvalue weighted by molar-refractivity contribution is 0.103. The Kier molecular flexibility index (Phi) is 4.52. The number of nitrogens with zero attached hydrogens (tertiary/aromatic N) is 1. The molecule has 2 aromatic carbocycles. The van der Waals surface area contributed by atoms with Gasteiger partial charge < -0.3 is 9.15 Å². The van der Waals surface area contributed by atoms with Gasteiger partial charge in [-0.1, -0.05) is 30.3 Å². The van der Waals surface area contributed by atoms with E-state index in [1.54, 1.807) is 61.8 Å². The molecule has 24 heavy (non-hydrogen) atoms. The highest BCUT2D eigenvalue weighted by molar-refractivity contribution is 6.09. The quantitative estimate of drug-likeness (QED) is 0.411. The van der Waals surface area contributed by atoms with Crippen molar-refractivity contribution in [2.75, 3.05) is 13.7 Å². The molecule has 0 atom stereocenters. The molecule has 0 radical (unpaired) electrons. The Labute approximate surface area is 138 Å². The summed E-state index contributed by atoms with van der Waals surface area (Å²) in [5.41, 5.74) is 0.169. The second-order valence-corrected chi connectivity index (χ2v) is 5.09. The van der Waals surface area contributed by atoms with Crippen molar-refractivity contribution >= 4 is 23.0 Å². The Morgan fingerprint density at radius 1 is 1.17 bits per heavy atom. The van der Waals surface area contributed by atoms with Gasteiger partial charge in [-0.25, -0.2) is 4.79 Å². The Morgan fingerprint density at radius 2 is 1.96 bits per heavy atom. The van der Waals surface area contributed by atoms with Crippen molar-refractivity contribution in [3.05, 3.63) is 76.1 Å². The summed E-state index contributed by atoms with van der Waals surface area (Å²) in [6, 6.07) is 15.3. The third kappa shape index (κ3) is 3.25. The molecule has 1 aromatic heterocycles. The molecule has 1 heterocycles. The van der Waals surface area contributed by atoms with E-state index in [2.05, 4.69) is 4.99 Å². The average Bonchev–Trinajstić information content (AvgIpc) is 2.61. The van der Waals surface area contributed by atoms with Crippen LogP contribution in [-0.4, -0.2) is 25.7 Å². The van der Waals surface area contributed by atoms with Crippen LogP contribution < -0.4 is 10.4 Å². The van der Waals surface area contributed by atoms with Crippen LogP contribution in [0.1, 0.15) is 15.9 Å². The molecule has 3 aromatic rings. The summed E-state index contributed by atoms with van der Waals surface area (Å²) in [5, 5.41) is 0.658. The molecule has 0 N–H and O–H groups in total. The Hall–Kier alpha value is -3.21. The van der Waals surface area contributed by atoms with Crippen molar-refractivity contribution in [2.24, 2.45) is 4.99 Å². The first-order chi connectivity index (χ1) is 11.7. The summed E-state index contributed by atoms with van der Waals surface area (Å²) in [4.78, 5) is 28.4. The maximum absolute atomic E-state index is 12.5. The molecule has 120 valence electrons. The molecule has 0 unspecified atom stereocenters. The van der Waals surface area contributed by atoms with Gasteiger partial charge in [0.05, 0.1) is 0 Å². The molecule has 0 saturated carbocycles. The predicted molar refractivity (Wildman–Crippen MR) is 92.3 cm³/mol. The Balaban J connectivity index is 1.97. The van der Waals surface area contributed by atoms with Gasteiger partial charge in [0.2, 0.25) is 0 Å². The van der Waals surface area contributed by atoms with E-state index in [1.165, 1.54) is 0 Å². The average molecular weight is 321 g/mol. The standard InChI is InChI=1S/C19H15NO4/c1-20-9-10-23-15-8-7-14-11-16(19(22)24-17(14)12-15)18(21)13-5-3-2-4-6-13/h2-9,11-12H,10H2,1H3/b20-9-. The van der Waals surface area contributed by atoms with Crippen LogP contribution in [0, 0.1) is 0 Å². The fraction of sp³-hybridized carbons (Fsp3) is 0.105. The Morgan fingerprint density at radius 3 is 2.71 bits per heavy atom. The predicted octanol–water partition coefficient (Wildman–Crippen LogP) is 3.10. The normalized spacial score (nSPS) is 11.0. The topological polar surface area (TPSA) is 68.9 Å². The van der Waals surface area contributed by atoms with Crippen molar-refractivity contribution in [3.8, 4) is 5.75 Å². The highest BCUT2D eigenvalue weighted by atomic mass is 16.5. The van der Waals surface area contributed by atoms with Gasteiger partial charge in [-0.05, 0) is 18.2 Å². The van der Waals surface area contributed by atoms with Crippen LogP contribution in [0.25, 0.3) is 11.0 Å². The summed E-state index contributed by atoms with van der Waals surface area (Å²) < 4.78 is 10.8. The monoisotopic (exact) mass is 321 g/mol. The maximum Gasteiger partial charge on any atom is 0.347 e. The fourth-order valence-corrected chi connectivity index (χ4v) is 2.29. The minimum Gasteiger partial charge on any atom is -0.488 e. The van der Waals surface area contributed by atoms with Gasteiger partial charge in [0.1, 0.15) is 23.5 Å². The van der Waals surface area contributed by atoms with Crippen LogP contribution in [0.5, 0.6) is 5.75 Å². The lowest BCUT2D eigenvalue weighted by atomic mass is 10.0. The first kappa shape index (κ1) is 15.7. The van der Waals surface area contributed by atoms with Gasteiger partial charge in [0.15, 0.2) is 5.78 Å². The highest BCUT2D eigenvalue weighted by Gasteiger charge is 2.15. The number of rotatable bonds is 5. The van der Waals surface area contributed by atoms with E-state index in [9.17, 15) is 9.59 Å². The number of ketones is 1. The molecule has 0 aliphatic heterocycles. The number of carbonyl (C=O) groups is 1. The number of fused-ring (bicyclic) bond motifs is 1. The number of benzene rings is 2. The largest absolute Gasteiger partial charge is 0.488 e. The zero-order valence-electron chi connectivity index (χ0n) is 13.1. The number of ether oxygens (including phenoxy) is 1. The van der Waals surface area contributed by atoms with Crippen molar-refractivity contribution in [1.29, 1.82) is 0 Å². The zero-order valence-corrected chi connectivity index (χ0v) is 13.1. The minimum absolute atomic E-state index is 0.0143. The fourth-order valence-electron chi connectivity index (χ4n) is 2.29. The van der Waals surface area contributed by atoms with Crippen molar-refractivity contribution < 1.29 is 13.9 Å². The summed E-state index contributed by atoms with van der Waals surface area (Å²) in [5.74, 6) is 0.207. The van der Waals surface area contributed by atoms with Crippen LogP contribution in [-0.2, 0) is 0 Å². The van der Waals surface area contributed by atoms with Gasteiger partial charge >= 0.3 is 5.63 Å². The van der Waals surface area contributed by atoms with E-state index >= 15 is 0 Å². The molecule has 0 aliphatic carbocycles. The second kappa shape index (κ2) is 6.91. The lowest BCUT2D eigenvalue weighted by Gasteiger charge is -2.05. The SMILES string of the molecule is C/N=C\COc1ccc2cc(C(=O)c3ccccc3)c(=O)oc2c1. The first-order valence-electron chi connectivity index (χ1n) is 7.40. The zero-order chi connectivity index (χ0) is 16.9. The van der Waals surface area contributed by atoms with E-state index < -0.39 is 5.63 Å². The molecule has 5 heteroatoms. The van der Waals surface area contributed by atoms with Crippen LogP contribution in [0.2, 0.25) is 0 Å². The summed E-state index contributed by atoms with van der Waals surface area (Å²) in [7, 11) is 1.66. The van der Waals surface area contributed by atoms with Gasteiger partial charge in [0, 0.05) is 30.3 Å². The maximum atomic E-state index is 12.5. The van der Waals surface area contributed by atoms with E-state index in [-0.39, 0.29) is 11.3 Å². The van der Waals surface area contributed by atoms with Crippen molar-refractivity contribution in [3.63, 3.8) is 0 Å². The van der Waals surface area contributed by atoms with Crippen LogP contribution in [0.3, 0.4) is 0 Å². The van der Waals surface area contributed by atoms with Crippen LogP contribution >= 0.6 is 0 Å². The molecular formula is C19H15NO4. The number of carbonyl (C=O) groups excluding carboxylic acids is 1. The molecule has 5 nitrogen and oxygen atoms in total.